The SMILES string of the molecule is CC1CC(=O)NN=C1c1ccc(NC(=O)OC2CCC2)cc1. The van der Waals surface area contributed by atoms with Gasteiger partial charge in [-0.1, -0.05) is 19.1 Å². The number of ether oxygens (including phenoxy) is 1. The molecule has 1 unspecified atom stereocenters. The largest absolute Gasteiger partial charge is 0.446 e. The van der Waals surface area contributed by atoms with Crippen molar-refractivity contribution in [3.63, 3.8) is 0 Å². The van der Waals surface area contributed by atoms with Gasteiger partial charge in [-0.3, -0.25) is 10.1 Å². The molecule has 1 aromatic rings. The Labute approximate surface area is 128 Å². The number of hydrogen-bond donors (Lipinski definition) is 2. The summed E-state index contributed by atoms with van der Waals surface area (Å²) in [7, 11) is 0. The van der Waals surface area contributed by atoms with Crippen LogP contribution in [0.4, 0.5) is 10.5 Å². The van der Waals surface area contributed by atoms with Crippen molar-refractivity contribution < 1.29 is 14.3 Å². The van der Waals surface area contributed by atoms with Crippen LogP contribution in [0.3, 0.4) is 0 Å². The van der Waals surface area contributed by atoms with Crippen molar-refractivity contribution in [3.05, 3.63) is 29.8 Å². The third kappa shape index (κ3) is 3.27. The van der Waals surface area contributed by atoms with Gasteiger partial charge < -0.3 is 4.74 Å². The van der Waals surface area contributed by atoms with Crippen LogP contribution in [-0.2, 0) is 9.53 Å². The predicted octanol–water partition coefficient (Wildman–Crippen LogP) is 2.65. The molecule has 2 N–H and O–H groups in total. The van der Waals surface area contributed by atoms with E-state index in [1.165, 1.54) is 0 Å². The van der Waals surface area contributed by atoms with Gasteiger partial charge in [-0.25, -0.2) is 10.2 Å². The number of carbonyl (C=O) groups excluding carboxylic acids is 2. The summed E-state index contributed by atoms with van der Waals surface area (Å²) in [5, 5.41) is 6.83. The lowest BCUT2D eigenvalue weighted by molar-refractivity contribution is -0.121. The van der Waals surface area contributed by atoms with Gasteiger partial charge in [0.05, 0.1) is 5.71 Å². The lowest BCUT2D eigenvalue weighted by Gasteiger charge is -2.25. The average molecular weight is 301 g/mol. The molecule has 1 fully saturated rings. The topological polar surface area (TPSA) is 79.8 Å². The Balaban J connectivity index is 1.62. The van der Waals surface area contributed by atoms with Crippen molar-refractivity contribution >= 4 is 23.4 Å². The summed E-state index contributed by atoms with van der Waals surface area (Å²) in [6, 6.07) is 7.38. The number of rotatable bonds is 3. The van der Waals surface area contributed by atoms with E-state index in [0.29, 0.717) is 12.1 Å². The number of anilines is 1. The Kier molecular flexibility index (Phi) is 4.09. The third-order valence-corrected chi connectivity index (χ3v) is 4.01. The maximum absolute atomic E-state index is 11.7. The van der Waals surface area contributed by atoms with Crippen LogP contribution in [0.2, 0.25) is 0 Å². The van der Waals surface area contributed by atoms with E-state index in [4.69, 9.17) is 4.74 Å². The molecule has 2 amide bonds. The van der Waals surface area contributed by atoms with Crippen LogP contribution in [0.25, 0.3) is 0 Å². The zero-order chi connectivity index (χ0) is 15.5. The molecule has 3 rings (SSSR count). The van der Waals surface area contributed by atoms with Gasteiger partial charge >= 0.3 is 6.09 Å². The van der Waals surface area contributed by atoms with E-state index >= 15 is 0 Å². The van der Waals surface area contributed by atoms with Crippen LogP contribution in [-0.4, -0.2) is 23.8 Å². The first-order valence-corrected chi connectivity index (χ1v) is 7.56. The molecule has 6 nitrogen and oxygen atoms in total. The average Bonchev–Trinajstić information content (AvgIpc) is 2.44. The molecule has 1 atom stereocenters. The summed E-state index contributed by atoms with van der Waals surface area (Å²) < 4.78 is 5.24. The van der Waals surface area contributed by atoms with Crippen LogP contribution in [0, 0.1) is 5.92 Å². The number of nitrogens with zero attached hydrogens (tertiary/aromatic N) is 1. The third-order valence-electron chi connectivity index (χ3n) is 4.01. The summed E-state index contributed by atoms with van der Waals surface area (Å²) in [4.78, 5) is 22.9. The minimum absolute atomic E-state index is 0.0618. The van der Waals surface area contributed by atoms with Gasteiger partial charge in [-0.15, -0.1) is 0 Å². The molecular weight excluding hydrogens is 282 g/mol. The molecule has 1 aromatic carbocycles. The van der Waals surface area contributed by atoms with Crippen LogP contribution in [0.15, 0.2) is 29.4 Å². The standard InChI is InChI=1S/C16H19N3O3/c1-10-9-14(20)18-19-15(10)11-5-7-12(8-6-11)17-16(21)22-13-3-2-4-13/h5-8,10,13H,2-4,9H2,1H3,(H,17,21)(H,18,20). The molecule has 0 spiro atoms. The van der Waals surface area contributed by atoms with Crippen molar-refractivity contribution in [1.29, 1.82) is 0 Å². The molecule has 1 aliphatic heterocycles. The molecule has 0 bridgehead atoms. The molecular formula is C16H19N3O3. The van der Waals surface area contributed by atoms with Crippen LogP contribution in [0.5, 0.6) is 0 Å². The van der Waals surface area contributed by atoms with Gasteiger partial charge in [0, 0.05) is 18.0 Å². The normalized spacial score (nSPS) is 21.4. The molecule has 0 saturated heterocycles. The summed E-state index contributed by atoms with van der Waals surface area (Å²) >= 11 is 0. The highest BCUT2D eigenvalue weighted by atomic mass is 16.6. The highest BCUT2D eigenvalue weighted by Gasteiger charge is 2.23. The molecule has 2 aliphatic rings. The number of hydrogen-bond acceptors (Lipinski definition) is 4. The zero-order valence-corrected chi connectivity index (χ0v) is 12.5. The van der Waals surface area contributed by atoms with Gasteiger partial charge in [-0.2, -0.15) is 5.10 Å². The summed E-state index contributed by atoms with van der Waals surface area (Å²) in [6.07, 6.45) is 3.13. The van der Waals surface area contributed by atoms with Crippen LogP contribution in [0.1, 0.15) is 38.2 Å². The Morgan fingerprint density at radius 3 is 2.64 bits per heavy atom. The van der Waals surface area contributed by atoms with E-state index in [1.54, 1.807) is 0 Å². The Hall–Kier alpha value is -2.37. The van der Waals surface area contributed by atoms with Crippen LogP contribution >= 0.6 is 0 Å². The predicted molar refractivity (Wildman–Crippen MR) is 82.6 cm³/mol. The Bertz CT molecular complexity index is 606. The fourth-order valence-corrected chi connectivity index (χ4v) is 2.51. The fourth-order valence-electron chi connectivity index (χ4n) is 2.51. The van der Waals surface area contributed by atoms with E-state index in [-0.39, 0.29) is 17.9 Å². The molecule has 22 heavy (non-hydrogen) atoms. The second-order valence-corrected chi connectivity index (χ2v) is 5.80. The molecule has 0 aromatic heterocycles. The quantitative estimate of drug-likeness (QED) is 0.900. The fraction of sp³-hybridized carbons (Fsp3) is 0.438. The summed E-state index contributed by atoms with van der Waals surface area (Å²) in [5.41, 5.74) is 4.97. The Morgan fingerprint density at radius 2 is 2.05 bits per heavy atom. The first-order chi connectivity index (χ1) is 10.6. The number of amides is 2. The van der Waals surface area contributed by atoms with Crippen LogP contribution < -0.4 is 10.7 Å². The van der Waals surface area contributed by atoms with Crippen molar-refractivity contribution in [2.24, 2.45) is 11.0 Å². The van der Waals surface area contributed by atoms with Gasteiger partial charge in [0.2, 0.25) is 5.91 Å². The molecule has 116 valence electrons. The van der Waals surface area contributed by atoms with Gasteiger partial charge in [0.1, 0.15) is 6.10 Å². The van der Waals surface area contributed by atoms with E-state index in [0.717, 1.165) is 30.5 Å². The van der Waals surface area contributed by atoms with Gasteiger partial charge in [0.15, 0.2) is 0 Å². The number of nitrogens with one attached hydrogen (secondary N) is 2. The number of benzene rings is 1. The highest BCUT2D eigenvalue weighted by Crippen LogP contribution is 2.23. The van der Waals surface area contributed by atoms with Crippen molar-refractivity contribution in [1.82, 2.24) is 5.43 Å². The number of carbonyl (C=O) groups is 2. The molecule has 1 saturated carbocycles. The minimum atomic E-state index is -0.409. The molecule has 6 heteroatoms. The second kappa shape index (κ2) is 6.17. The monoisotopic (exact) mass is 301 g/mol. The lowest BCUT2D eigenvalue weighted by Crippen LogP contribution is -2.31. The zero-order valence-electron chi connectivity index (χ0n) is 12.5. The van der Waals surface area contributed by atoms with E-state index in [9.17, 15) is 9.59 Å². The molecule has 1 aliphatic carbocycles. The van der Waals surface area contributed by atoms with Crippen molar-refractivity contribution in [2.75, 3.05) is 5.32 Å². The maximum atomic E-state index is 11.7. The summed E-state index contributed by atoms with van der Waals surface area (Å²) in [5.74, 6) is 0.0180. The second-order valence-electron chi connectivity index (χ2n) is 5.80. The summed E-state index contributed by atoms with van der Waals surface area (Å²) in [6.45, 7) is 1.97. The Morgan fingerprint density at radius 1 is 1.32 bits per heavy atom. The highest BCUT2D eigenvalue weighted by molar-refractivity contribution is 6.06. The molecule has 0 radical (unpaired) electrons. The van der Waals surface area contributed by atoms with E-state index < -0.39 is 6.09 Å². The van der Waals surface area contributed by atoms with Crippen molar-refractivity contribution in [3.8, 4) is 0 Å². The van der Waals surface area contributed by atoms with Gasteiger partial charge in [0.25, 0.3) is 0 Å². The van der Waals surface area contributed by atoms with E-state index in [1.807, 2.05) is 31.2 Å². The van der Waals surface area contributed by atoms with Crippen molar-refractivity contribution in [2.45, 2.75) is 38.7 Å². The minimum Gasteiger partial charge on any atom is -0.446 e. The maximum Gasteiger partial charge on any atom is 0.411 e. The molecule has 1 heterocycles. The smallest absolute Gasteiger partial charge is 0.411 e. The number of hydrazone groups is 1. The first-order valence-electron chi connectivity index (χ1n) is 7.56. The first kappa shape index (κ1) is 14.6. The lowest BCUT2D eigenvalue weighted by atomic mass is 9.94. The van der Waals surface area contributed by atoms with Gasteiger partial charge in [-0.05, 0) is 37.0 Å². The van der Waals surface area contributed by atoms with E-state index in [2.05, 4.69) is 15.8 Å².